The Bertz CT molecular complexity index is 1400. The number of likely N-dealkylation sites (tertiary alicyclic amines) is 1. The van der Waals surface area contributed by atoms with Crippen LogP contribution in [0.1, 0.15) is 43.2 Å². The minimum absolute atomic E-state index is 0.0132. The van der Waals surface area contributed by atoms with E-state index >= 15 is 0 Å². The Morgan fingerprint density at radius 3 is 2.56 bits per heavy atom. The number of carbonyl (C=O) groups excluding carboxylic acids is 3. The minimum atomic E-state index is -4.64. The van der Waals surface area contributed by atoms with Gasteiger partial charge in [-0.05, 0) is 61.8 Å². The Labute approximate surface area is 265 Å². The number of piperidine rings is 1. The highest BCUT2D eigenvalue weighted by molar-refractivity contribution is 6.31. The van der Waals surface area contributed by atoms with E-state index in [1.807, 2.05) is 47.4 Å². The molecule has 1 spiro atoms. The first-order chi connectivity index (χ1) is 21.5. The van der Waals surface area contributed by atoms with E-state index in [4.69, 9.17) is 16.3 Å². The number of alkyl halides is 3. The van der Waals surface area contributed by atoms with E-state index in [9.17, 15) is 27.6 Å². The van der Waals surface area contributed by atoms with Crippen molar-refractivity contribution in [3.8, 4) is 0 Å². The molecule has 0 aromatic heterocycles. The number of anilines is 1. The third-order valence-corrected chi connectivity index (χ3v) is 9.35. The number of allylic oxidation sites excluding steroid dienone is 2. The van der Waals surface area contributed by atoms with Crippen LogP contribution in [0.25, 0.3) is 0 Å². The highest BCUT2D eigenvalue weighted by Gasteiger charge is 2.41. The van der Waals surface area contributed by atoms with Crippen molar-refractivity contribution >= 4 is 35.0 Å². The predicted molar refractivity (Wildman–Crippen MR) is 164 cm³/mol. The number of rotatable bonds is 5. The lowest BCUT2D eigenvalue weighted by atomic mass is 9.75. The Kier molecular flexibility index (Phi) is 10.5. The summed E-state index contributed by atoms with van der Waals surface area (Å²) >= 11 is 5.71. The Morgan fingerprint density at radius 1 is 1.07 bits per heavy atom. The molecule has 3 amide bonds. The van der Waals surface area contributed by atoms with Gasteiger partial charge in [0, 0.05) is 44.5 Å². The quantitative estimate of drug-likeness (QED) is 0.398. The lowest BCUT2D eigenvalue weighted by molar-refractivity contribution is -0.140. The average Bonchev–Trinajstić information content (AvgIpc) is 3.01. The van der Waals surface area contributed by atoms with E-state index in [1.54, 1.807) is 0 Å². The summed E-state index contributed by atoms with van der Waals surface area (Å²) in [6, 6.07) is 11.9. The monoisotopic (exact) mass is 646 g/mol. The van der Waals surface area contributed by atoms with Gasteiger partial charge in [-0.1, -0.05) is 54.1 Å². The van der Waals surface area contributed by atoms with Crippen molar-refractivity contribution in [2.24, 2.45) is 11.3 Å². The molecular formula is C33H38ClF3N4O4. The van der Waals surface area contributed by atoms with Gasteiger partial charge in [0.2, 0.25) is 17.7 Å². The van der Waals surface area contributed by atoms with Gasteiger partial charge in [-0.3, -0.25) is 19.3 Å². The molecule has 0 saturated carbocycles. The van der Waals surface area contributed by atoms with Gasteiger partial charge in [0.15, 0.2) is 0 Å². The number of nitrogens with zero attached hydrogens (tertiary/aromatic N) is 1. The zero-order valence-corrected chi connectivity index (χ0v) is 25.6. The molecule has 5 rings (SSSR count). The second-order valence-corrected chi connectivity index (χ2v) is 12.6. The molecular weight excluding hydrogens is 609 g/mol. The molecule has 2 aromatic carbocycles. The van der Waals surface area contributed by atoms with E-state index in [2.05, 4.69) is 16.0 Å². The first-order valence-electron chi connectivity index (χ1n) is 15.3. The first kappa shape index (κ1) is 33.0. The molecule has 0 bridgehead atoms. The van der Waals surface area contributed by atoms with Gasteiger partial charge in [0.1, 0.15) is 6.04 Å². The van der Waals surface area contributed by atoms with Crippen molar-refractivity contribution in [3.05, 3.63) is 76.8 Å². The molecule has 45 heavy (non-hydrogen) atoms. The number of amides is 3. The molecule has 0 aliphatic carbocycles. The normalized spacial score (nSPS) is 25.2. The molecule has 3 atom stereocenters. The van der Waals surface area contributed by atoms with Crippen LogP contribution < -0.4 is 16.0 Å². The van der Waals surface area contributed by atoms with Gasteiger partial charge < -0.3 is 20.7 Å². The summed E-state index contributed by atoms with van der Waals surface area (Å²) < 4.78 is 45.4. The third-order valence-electron chi connectivity index (χ3n) is 9.02. The van der Waals surface area contributed by atoms with E-state index in [-0.39, 0.29) is 36.0 Å². The summed E-state index contributed by atoms with van der Waals surface area (Å²) in [5.74, 6) is -0.836. The van der Waals surface area contributed by atoms with Gasteiger partial charge in [-0.25, -0.2) is 0 Å². The van der Waals surface area contributed by atoms with Crippen molar-refractivity contribution < 1.29 is 32.3 Å². The number of fused-ring (bicyclic) bond motifs is 1. The molecule has 2 saturated heterocycles. The van der Waals surface area contributed by atoms with Crippen LogP contribution >= 0.6 is 11.6 Å². The van der Waals surface area contributed by atoms with Gasteiger partial charge in [0.25, 0.3) is 0 Å². The SMILES string of the molecule is O=C(CN1CC[C@H]2NC(=O)[C@H](Cc3ccccc3)NC(=O)C3(C/C=C/C[C@H]2C1)CCOCC3)Nc1ccc(Cl)c(C(F)(F)F)c1. The number of benzene rings is 2. The van der Waals surface area contributed by atoms with Crippen LogP contribution in [-0.2, 0) is 31.7 Å². The Balaban J connectivity index is 1.30. The first-order valence-corrected chi connectivity index (χ1v) is 15.7. The molecule has 8 nitrogen and oxygen atoms in total. The van der Waals surface area contributed by atoms with Gasteiger partial charge >= 0.3 is 6.18 Å². The van der Waals surface area contributed by atoms with Crippen LogP contribution in [0.2, 0.25) is 5.02 Å². The average molecular weight is 647 g/mol. The summed E-state index contributed by atoms with van der Waals surface area (Å²) in [5.41, 5.74) is -0.719. The zero-order valence-electron chi connectivity index (χ0n) is 24.9. The van der Waals surface area contributed by atoms with Gasteiger partial charge in [-0.15, -0.1) is 0 Å². The molecule has 3 N–H and O–H groups in total. The maximum absolute atomic E-state index is 13.8. The van der Waals surface area contributed by atoms with Crippen molar-refractivity contribution in [1.82, 2.24) is 15.5 Å². The van der Waals surface area contributed by atoms with Gasteiger partial charge in [0.05, 0.1) is 22.5 Å². The molecule has 3 aliphatic rings. The highest BCUT2D eigenvalue weighted by Crippen LogP contribution is 2.37. The summed E-state index contributed by atoms with van der Waals surface area (Å²) in [7, 11) is 0. The molecule has 3 heterocycles. The van der Waals surface area contributed by atoms with Crippen LogP contribution in [0.5, 0.6) is 0 Å². The summed E-state index contributed by atoms with van der Waals surface area (Å²) in [6.45, 7) is 1.95. The zero-order chi connectivity index (χ0) is 32.0. The third kappa shape index (κ3) is 8.45. The van der Waals surface area contributed by atoms with Crippen molar-refractivity contribution in [1.29, 1.82) is 0 Å². The number of ether oxygens (including phenoxy) is 1. The fraction of sp³-hybridized carbons (Fsp3) is 0.485. The second kappa shape index (κ2) is 14.3. The Hall–Kier alpha value is -3.41. The minimum Gasteiger partial charge on any atom is -0.381 e. The molecule has 0 unspecified atom stereocenters. The molecule has 2 aromatic rings. The van der Waals surface area contributed by atoms with Crippen LogP contribution in [0, 0.1) is 11.3 Å². The van der Waals surface area contributed by atoms with Crippen LogP contribution in [0.15, 0.2) is 60.7 Å². The molecule has 242 valence electrons. The topological polar surface area (TPSA) is 99.8 Å². The molecule has 0 radical (unpaired) electrons. The lowest BCUT2D eigenvalue weighted by Gasteiger charge is -2.40. The molecule has 3 aliphatic heterocycles. The summed E-state index contributed by atoms with van der Waals surface area (Å²) in [4.78, 5) is 42.3. The maximum atomic E-state index is 13.8. The number of halogens is 4. The second-order valence-electron chi connectivity index (χ2n) is 12.2. The summed E-state index contributed by atoms with van der Waals surface area (Å²) in [5, 5.41) is 8.40. The molecule has 2 fully saturated rings. The Morgan fingerprint density at radius 2 is 1.82 bits per heavy atom. The fourth-order valence-electron chi connectivity index (χ4n) is 6.42. The van der Waals surface area contributed by atoms with E-state index < -0.39 is 34.1 Å². The highest BCUT2D eigenvalue weighted by atomic mass is 35.5. The van der Waals surface area contributed by atoms with Crippen molar-refractivity contribution in [3.63, 3.8) is 0 Å². The smallest absolute Gasteiger partial charge is 0.381 e. The maximum Gasteiger partial charge on any atom is 0.417 e. The van der Waals surface area contributed by atoms with Crippen molar-refractivity contribution in [2.75, 3.05) is 38.2 Å². The van der Waals surface area contributed by atoms with Gasteiger partial charge in [-0.2, -0.15) is 13.2 Å². The van der Waals surface area contributed by atoms with Crippen LogP contribution in [0.4, 0.5) is 18.9 Å². The number of nitrogens with one attached hydrogen (secondary N) is 3. The predicted octanol–water partition coefficient (Wildman–Crippen LogP) is 4.98. The van der Waals surface area contributed by atoms with Crippen LogP contribution in [0.3, 0.4) is 0 Å². The standard InChI is InChI=1S/C33H38ClF3N4O4/c34-26-10-9-24(19-25(26)33(35,36)37)38-29(42)21-41-15-11-27-23(20-41)8-4-5-12-32(13-16-45-17-14-32)31(44)40-28(30(43)39-27)18-22-6-2-1-3-7-22/h1-7,9-10,19,23,27-28H,8,11-18,20-21H2,(H,38,42)(H,39,43)(H,40,44)/b5-4+/t23-,27+,28-/m0/s1. The van der Waals surface area contributed by atoms with Crippen molar-refractivity contribution in [2.45, 2.75) is 56.8 Å². The number of carbonyl (C=O) groups is 3. The van der Waals surface area contributed by atoms with E-state index in [1.165, 1.54) is 6.07 Å². The van der Waals surface area contributed by atoms with E-state index in [0.29, 0.717) is 64.8 Å². The fourth-order valence-corrected chi connectivity index (χ4v) is 6.65. The summed E-state index contributed by atoms with van der Waals surface area (Å²) in [6.07, 6.45) is 2.67. The largest absolute Gasteiger partial charge is 0.417 e. The van der Waals surface area contributed by atoms with E-state index in [0.717, 1.165) is 17.7 Å². The number of hydrogen-bond acceptors (Lipinski definition) is 5. The van der Waals surface area contributed by atoms with Crippen LogP contribution in [-0.4, -0.2) is 67.6 Å². The lowest BCUT2D eigenvalue weighted by Crippen LogP contribution is -2.58. The number of hydrogen-bond donors (Lipinski definition) is 3. The molecule has 12 heteroatoms.